The Morgan fingerprint density at radius 2 is 2.00 bits per heavy atom. The minimum absolute atomic E-state index is 0.0388. The molecule has 8 heteroatoms. The van der Waals surface area contributed by atoms with Crippen LogP contribution in [-0.4, -0.2) is 16.5 Å². The van der Waals surface area contributed by atoms with Gasteiger partial charge in [0.05, 0.1) is 0 Å². The summed E-state index contributed by atoms with van der Waals surface area (Å²) in [4.78, 5) is 6.77. The molecule has 2 aromatic rings. The van der Waals surface area contributed by atoms with Crippen LogP contribution in [0, 0.1) is 0 Å². The number of nitrogens with one attached hydrogen (secondary N) is 1. The normalized spacial score (nSPS) is 11.3. The summed E-state index contributed by atoms with van der Waals surface area (Å²) in [5, 5.41) is 3.11. The van der Waals surface area contributed by atoms with Crippen LogP contribution in [-0.2, 0) is 6.18 Å². The van der Waals surface area contributed by atoms with Gasteiger partial charge in [-0.1, -0.05) is 17.7 Å². The molecule has 2 rings (SSSR count). The monoisotopic (exact) mass is 317 g/mol. The minimum Gasteiger partial charge on any atom is -0.439 e. The molecule has 1 heterocycles. The Morgan fingerprint density at radius 3 is 2.62 bits per heavy atom. The molecular weight excluding hydrogens is 307 g/mol. The van der Waals surface area contributed by atoms with E-state index >= 15 is 0 Å². The number of rotatable bonds is 4. The van der Waals surface area contributed by atoms with Crippen LogP contribution in [0.15, 0.2) is 30.3 Å². The van der Waals surface area contributed by atoms with Gasteiger partial charge in [-0.15, -0.1) is 0 Å². The van der Waals surface area contributed by atoms with E-state index in [2.05, 4.69) is 15.3 Å². The first-order valence-electron chi connectivity index (χ1n) is 6.02. The molecule has 0 saturated carbocycles. The molecule has 112 valence electrons. The van der Waals surface area contributed by atoms with E-state index in [9.17, 15) is 13.2 Å². The molecule has 0 aliphatic carbocycles. The van der Waals surface area contributed by atoms with Crippen LogP contribution in [0.5, 0.6) is 11.6 Å². The first kappa shape index (κ1) is 15.4. The maximum atomic E-state index is 12.8. The SMILES string of the molecule is CCNc1cc(Oc2cccc(Cl)c2)nc(C(F)(F)F)n1. The van der Waals surface area contributed by atoms with Crippen molar-refractivity contribution in [1.29, 1.82) is 0 Å². The number of hydrogen-bond donors (Lipinski definition) is 1. The van der Waals surface area contributed by atoms with E-state index < -0.39 is 12.0 Å². The van der Waals surface area contributed by atoms with Crippen molar-refractivity contribution in [1.82, 2.24) is 9.97 Å². The van der Waals surface area contributed by atoms with Crippen molar-refractivity contribution in [3.8, 4) is 11.6 Å². The van der Waals surface area contributed by atoms with E-state index in [1.165, 1.54) is 12.1 Å². The summed E-state index contributed by atoms with van der Waals surface area (Å²) in [6.45, 7) is 2.16. The van der Waals surface area contributed by atoms with Gasteiger partial charge in [0.15, 0.2) is 0 Å². The Kier molecular flexibility index (Phi) is 4.52. The van der Waals surface area contributed by atoms with Crippen LogP contribution >= 0.6 is 11.6 Å². The fourth-order valence-corrected chi connectivity index (χ4v) is 1.71. The van der Waals surface area contributed by atoms with Crippen molar-refractivity contribution in [3.05, 3.63) is 41.2 Å². The Hall–Kier alpha value is -2.02. The lowest BCUT2D eigenvalue weighted by atomic mass is 10.3. The van der Waals surface area contributed by atoms with E-state index in [1.807, 2.05) is 0 Å². The van der Waals surface area contributed by atoms with Crippen molar-refractivity contribution in [2.75, 3.05) is 11.9 Å². The summed E-state index contributed by atoms with van der Waals surface area (Å²) in [5.41, 5.74) is 0. The van der Waals surface area contributed by atoms with E-state index in [0.717, 1.165) is 0 Å². The summed E-state index contributed by atoms with van der Waals surface area (Å²) in [6, 6.07) is 7.58. The third-order valence-electron chi connectivity index (χ3n) is 2.33. The van der Waals surface area contributed by atoms with E-state index in [-0.39, 0.29) is 17.4 Å². The maximum absolute atomic E-state index is 12.8. The predicted octanol–water partition coefficient (Wildman–Crippen LogP) is 4.37. The lowest BCUT2D eigenvalue weighted by Gasteiger charge is -2.11. The Morgan fingerprint density at radius 1 is 1.24 bits per heavy atom. The van der Waals surface area contributed by atoms with E-state index in [1.54, 1.807) is 25.1 Å². The van der Waals surface area contributed by atoms with Crippen LogP contribution in [0.4, 0.5) is 19.0 Å². The molecule has 0 amide bonds. The topological polar surface area (TPSA) is 47.0 Å². The molecule has 1 aromatic heterocycles. The Labute approximate surface area is 123 Å². The number of aromatic nitrogens is 2. The molecule has 0 bridgehead atoms. The third-order valence-corrected chi connectivity index (χ3v) is 2.57. The summed E-state index contributed by atoms with van der Waals surface area (Å²) in [7, 11) is 0. The molecule has 1 N–H and O–H groups in total. The van der Waals surface area contributed by atoms with Crippen molar-refractivity contribution in [2.24, 2.45) is 0 Å². The van der Waals surface area contributed by atoms with Gasteiger partial charge in [-0.25, -0.2) is 4.98 Å². The van der Waals surface area contributed by atoms with Gasteiger partial charge in [0.1, 0.15) is 11.6 Å². The molecule has 0 fully saturated rings. The number of halogens is 4. The highest BCUT2D eigenvalue weighted by molar-refractivity contribution is 6.30. The van der Waals surface area contributed by atoms with Crippen LogP contribution in [0.3, 0.4) is 0 Å². The summed E-state index contributed by atoms with van der Waals surface area (Å²) in [6.07, 6.45) is -4.65. The number of hydrogen-bond acceptors (Lipinski definition) is 4. The molecule has 0 saturated heterocycles. The first-order chi connectivity index (χ1) is 9.88. The molecule has 0 atom stereocenters. The van der Waals surface area contributed by atoms with Crippen LogP contribution in [0.25, 0.3) is 0 Å². The van der Waals surface area contributed by atoms with Crippen molar-refractivity contribution in [2.45, 2.75) is 13.1 Å². The number of nitrogens with zero attached hydrogens (tertiary/aromatic N) is 2. The lowest BCUT2D eigenvalue weighted by molar-refractivity contribution is -0.145. The second-order valence-electron chi connectivity index (χ2n) is 4.00. The van der Waals surface area contributed by atoms with Gasteiger partial charge >= 0.3 is 6.18 Å². The highest BCUT2D eigenvalue weighted by Gasteiger charge is 2.35. The summed E-state index contributed by atoms with van der Waals surface area (Å²) < 4.78 is 43.6. The molecule has 21 heavy (non-hydrogen) atoms. The molecule has 0 radical (unpaired) electrons. The Balaban J connectivity index is 2.35. The highest BCUT2D eigenvalue weighted by Crippen LogP contribution is 2.30. The lowest BCUT2D eigenvalue weighted by Crippen LogP contribution is -2.13. The molecule has 1 aromatic carbocycles. The van der Waals surface area contributed by atoms with Gasteiger partial charge in [-0.3, -0.25) is 0 Å². The molecule has 0 spiro atoms. The second kappa shape index (κ2) is 6.17. The van der Waals surface area contributed by atoms with E-state index in [4.69, 9.17) is 16.3 Å². The van der Waals surface area contributed by atoms with Crippen molar-refractivity contribution < 1.29 is 17.9 Å². The highest BCUT2D eigenvalue weighted by atomic mass is 35.5. The largest absolute Gasteiger partial charge is 0.451 e. The average Bonchev–Trinajstić information content (AvgIpc) is 2.37. The van der Waals surface area contributed by atoms with Gasteiger partial charge in [0.25, 0.3) is 0 Å². The number of ether oxygens (including phenoxy) is 1. The zero-order valence-electron chi connectivity index (χ0n) is 10.9. The molecule has 0 aliphatic rings. The number of anilines is 1. The fraction of sp³-hybridized carbons (Fsp3) is 0.231. The van der Waals surface area contributed by atoms with Gasteiger partial charge in [0.2, 0.25) is 11.7 Å². The summed E-state index contributed by atoms with van der Waals surface area (Å²) in [5.74, 6) is -1.15. The zero-order valence-corrected chi connectivity index (χ0v) is 11.7. The molecular formula is C13H11ClF3N3O. The summed E-state index contributed by atoms with van der Waals surface area (Å²) >= 11 is 5.79. The quantitative estimate of drug-likeness (QED) is 0.909. The minimum atomic E-state index is -4.65. The van der Waals surface area contributed by atoms with E-state index in [0.29, 0.717) is 11.6 Å². The van der Waals surface area contributed by atoms with Crippen molar-refractivity contribution in [3.63, 3.8) is 0 Å². The molecule has 4 nitrogen and oxygen atoms in total. The third kappa shape index (κ3) is 4.22. The fourth-order valence-electron chi connectivity index (χ4n) is 1.53. The van der Waals surface area contributed by atoms with Crippen LogP contribution in [0.2, 0.25) is 5.02 Å². The van der Waals surface area contributed by atoms with Gasteiger partial charge in [-0.05, 0) is 25.1 Å². The van der Waals surface area contributed by atoms with Gasteiger partial charge in [0, 0.05) is 17.6 Å². The number of alkyl halides is 3. The smallest absolute Gasteiger partial charge is 0.439 e. The van der Waals surface area contributed by atoms with Gasteiger partial charge < -0.3 is 10.1 Å². The zero-order chi connectivity index (χ0) is 15.5. The Bertz CT molecular complexity index is 634. The average molecular weight is 318 g/mol. The van der Waals surface area contributed by atoms with Crippen LogP contribution in [0.1, 0.15) is 12.7 Å². The standard InChI is InChI=1S/C13H11ClF3N3O/c1-2-18-10-7-11(20-12(19-10)13(15,16)17)21-9-5-3-4-8(14)6-9/h3-7H,2H2,1H3,(H,18,19,20). The predicted molar refractivity (Wildman–Crippen MR) is 72.7 cm³/mol. The second-order valence-corrected chi connectivity index (χ2v) is 4.44. The van der Waals surface area contributed by atoms with Crippen molar-refractivity contribution >= 4 is 17.4 Å². The molecule has 0 aliphatic heterocycles. The van der Waals surface area contributed by atoms with Gasteiger partial charge in [-0.2, -0.15) is 18.2 Å². The molecule has 0 unspecified atom stereocenters. The maximum Gasteiger partial charge on any atom is 0.451 e. The number of benzene rings is 1. The first-order valence-corrected chi connectivity index (χ1v) is 6.40. The van der Waals surface area contributed by atoms with Crippen LogP contribution < -0.4 is 10.1 Å².